The molecule has 2 heterocycles. The third kappa shape index (κ3) is 3.70. The van der Waals surface area contributed by atoms with E-state index in [1.54, 1.807) is 11.3 Å². The normalized spacial score (nSPS) is 18.7. The maximum Gasteiger partial charge on any atom is 0.0794 e. The third-order valence-electron chi connectivity index (χ3n) is 4.26. The van der Waals surface area contributed by atoms with E-state index in [0.717, 1.165) is 6.54 Å². The van der Waals surface area contributed by atoms with Gasteiger partial charge in [0.25, 0.3) is 0 Å². The number of nitrogens with zero attached hydrogens (tertiary/aromatic N) is 2. The van der Waals surface area contributed by atoms with Gasteiger partial charge in [-0.2, -0.15) is 0 Å². The van der Waals surface area contributed by atoms with E-state index in [9.17, 15) is 0 Å². The summed E-state index contributed by atoms with van der Waals surface area (Å²) < 4.78 is 0. The molecule has 2 atom stereocenters. The number of thiazole rings is 1. The molecule has 1 saturated heterocycles. The van der Waals surface area contributed by atoms with Crippen LogP contribution in [0.4, 0.5) is 0 Å². The van der Waals surface area contributed by atoms with Crippen molar-refractivity contribution in [3.8, 4) is 0 Å². The predicted octanol–water partition coefficient (Wildman–Crippen LogP) is 3.63. The summed E-state index contributed by atoms with van der Waals surface area (Å²) in [6, 6.07) is 11.7. The van der Waals surface area contributed by atoms with E-state index >= 15 is 0 Å². The first-order valence-corrected chi connectivity index (χ1v) is 8.63. The highest BCUT2D eigenvalue weighted by Crippen LogP contribution is 2.25. The molecule has 21 heavy (non-hydrogen) atoms. The largest absolute Gasteiger partial charge is 0.308 e. The summed E-state index contributed by atoms with van der Waals surface area (Å²) in [7, 11) is 0. The van der Waals surface area contributed by atoms with E-state index in [0.29, 0.717) is 12.1 Å². The van der Waals surface area contributed by atoms with Crippen molar-refractivity contribution in [1.29, 1.82) is 0 Å². The minimum atomic E-state index is 0.367. The quantitative estimate of drug-likeness (QED) is 0.883. The fraction of sp³-hybridized carbons (Fsp3) is 0.471. The predicted molar refractivity (Wildman–Crippen MR) is 88.5 cm³/mol. The Morgan fingerprint density at radius 2 is 2.00 bits per heavy atom. The zero-order valence-electron chi connectivity index (χ0n) is 12.5. The highest BCUT2D eigenvalue weighted by atomic mass is 32.1. The van der Waals surface area contributed by atoms with Gasteiger partial charge >= 0.3 is 0 Å². The number of hydrogen-bond acceptors (Lipinski definition) is 4. The average Bonchev–Trinajstić information content (AvgIpc) is 3.22. The molecule has 1 fully saturated rings. The van der Waals surface area contributed by atoms with Crippen LogP contribution in [0.2, 0.25) is 0 Å². The van der Waals surface area contributed by atoms with Crippen molar-refractivity contribution in [2.75, 3.05) is 19.6 Å². The molecular weight excluding hydrogens is 278 g/mol. The summed E-state index contributed by atoms with van der Waals surface area (Å²) in [4.78, 5) is 8.10. The number of aromatic nitrogens is 1. The monoisotopic (exact) mass is 301 g/mol. The lowest BCUT2D eigenvalue weighted by Crippen LogP contribution is -2.35. The lowest BCUT2D eigenvalue weighted by molar-refractivity contribution is 0.234. The summed E-state index contributed by atoms with van der Waals surface area (Å²) >= 11 is 1.72. The first kappa shape index (κ1) is 14.7. The van der Waals surface area contributed by atoms with Crippen LogP contribution in [0.5, 0.6) is 0 Å². The van der Waals surface area contributed by atoms with Gasteiger partial charge in [-0.15, -0.1) is 11.3 Å². The van der Waals surface area contributed by atoms with Gasteiger partial charge in [-0.25, -0.2) is 0 Å². The van der Waals surface area contributed by atoms with Crippen LogP contribution in [0.15, 0.2) is 42.0 Å². The first-order chi connectivity index (χ1) is 10.3. The first-order valence-electron chi connectivity index (χ1n) is 7.75. The van der Waals surface area contributed by atoms with Gasteiger partial charge in [0.15, 0.2) is 0 Å². The van der Waals surface area contributed by atoms with Gasteiger partial charge in [0.1, 0.15) is 0 Å². The molecule has 3 rings (SSSR count). The van der Waals surface area contributed by atoms with Crippen molar-refractivity contribution in [3.05, 3.63) is 52.5 Å². The molecule has 0 aliphatic carbocycles. The van der Waals surface area contributed by atoms with E-state index in [-0.39, 0.29) is 0 Å². The fourth-order valence-corrected chi connectivity index (χ4v) is 3.67. The average molecular weight is 301 g/mol. The SMILES string of the molecule is CC(NCC(c1ccccc1)N1CCCC1)c1cncs1. The van der Waals surface area contributed by atoms with Crippen molar-refractivity contribution in [2.45, 2.75) is 31.8 Å². The zero-order valence-corrected chi connectivity index (χ0v) is 13.4. The van der Waals surface area contributed by atoms with Gasteiger partial charge < -0.3 is 5.32 Å². The van der Waals surface area contributed by atoms with Gasteiger partial charge in [-0.05, 0) is 38.4 Å². The standard InChI is InChI=1S/C17H23N3S/c1-14(17-12-18-13-21-17)19-11-16(20-9-5-6-10-20)15-7-3-2-4-8-15/h2-4,7-8,12-14,16,19H,5-6,9-11H2,1H3. The van der Waals surface area contributed by atoms with Gasteiger partial charge in [0, 0.05) is 29.7 Å². The summed E-state index contributed by atoms with van der Waals surface area (Å²) in [6.07, 6.45) is 4.62. The third-order valence-corrected chi connectivity index (χ3v) is 5.22. The minimum absolute atomic E-state index is 0.367. The van der Waals surface area contributed by atoms with E-state index in [1.807, 2.05) is 11.7 Å². The molecule has 2 unspecified atom stereocenters. The number of benzene rings is 1. The molecule has 1 aromatic carbocycles. The molecule has 4 heteroatoms. The van der Waals surface area contributed by atoms with Crippen LogP contribution in [0, 0.1) is 0 Å². The second kappa shape index (κ2) is 7.16. The number of likely N-dealkylation sites (tertiary alicyclic amines) is 1. The maximum atomic E-state index is 4.17. The molecule has 1 aliphatic rings. The fourth-order valence-electron chi connectivity index (χ4n) is 3.01. The Morgan fingerprint density at radius 1 is 1.24 bits per heavy atom. The van der Waals surface area contributed by atoms with Crippen molar-refractivity contribution >= 4 is 11.3 Å². The zero-order chi connectivity index (χ0) is 14.5. The van der Waals surface area contributed by atoms with Gasteiger partial charge in [0.2, 0.25) is 0 Å². The van der Waals surface area contributed by atoms with Crippen LogP contribution < -0.4 is 5.32 Å². The molecule has 2 aromatic rings. The molecule has 1 N–H and O–H groups in total. The summed E-state index contributed by atoms with van der Waals surface area (Å²) in [5, 5.41) is 3.69. The molecule has 0 saturated carbocycles. The van der Waals surface area contributed by atoms with E-state index in [2.05, 4.69) is 52.5 Å². The Bertz CT molecular complexity index is 520. The van der Waals surface area contributed by atoms with Crippen LogP contribution in [-0.2, 0) is 0 Å². The molecule has 112 valence electrons. The Balaban J connectivity index is 1.67. The lowest BCUT2D eigenvalue weighted by atomic mass is 10.1. The topological polar surface area (TPSA) is 28.2 Å². The van der Waals surface area contributed by atoms with E-state index in [4.69, 9.17) is 0 Å². The van der Waals surface area contributed by atoms with Crippen molar-refractivity contribution in [1.82, 2.24) is 15.2 Å². The van der Waals surface area contributed by atoms with Crippen LogP contribution in [0.3, 0.4) is 0 Å². The van der Waals surface area contributed by atoms with Gasteiger partial charge in [0.05, 0.1) is 5.51 Å². The molecule has 0 spiro atoms. The molecule has 3 nitrogen and oxygen atoms in total. The second-order valence-corrected chi connectivity index (χ2v) is 6.62. The maximum absolute atomic E-state index is 4.17. The lowest BCUT2D eigenvalue weighted by Gasteiger charge is -2.29. The van der Waals surface area contributed by atoms with E-state index < -0.39 is 0 Å². The molecule has 1 aliphatic heterocycles. The number of nitrogens with one attached hydrogen (secondary N) is 1. The van der Waals surface area contributed by atoms with Crippen LogP contribution in [-0.4, -0.2) is 29.5 Å². The van der Waals surface area contributed by atoms with Gasteiger partial charge in [-0.1, -0.05) is 30.3 Å². The Labute approximate surface area is 131 Å². The number of hydrogen-bond donors (Lipinski definition) is 1. The summed E-state index contributed by atoms with van der Waals surface area (Å²) in [5.74, 6) is 0. The molecule has 0 amide bonds. The van der Waals surface area contributed by atoms with E-state index in [1.165, 1.54) is 36.4 Å². The van der Waals surface area contributed by atoms with Crippen molar-refractivity contribution in [3.63, 3.8) is 0 Å². The second-order valence-electron chi connectivity index (χ2n) is 5.70. The molecule has 0 radical (unpaired) electrons. The minimum Gasteiger partial charge on any atom is -0.308 e. The highest BCUT2D eigenvalue weighted by Gasteiger charge is 2.23. The molecule has 1 aromatic heterocycles. The Hall–Kier alpha value is -1.23. The summed E-state index contributed by atoms with van der Waals surface area (Å²) in [6.45, 7) is 5.65. The van der Waals surface area contributed by atoms with Crippen LogP contribution in [0.25, 0.3) is 0 Å². The van der Waals surface area contributed by atoms with Crippen molar-refractivity contribution < 1.29 is 0 Å². The smallest absolute Gasteiger partial charge is 0.0794 e. The molecular formula is C17H23N3S. The highest BCUT2D eigenvalue weighted by molar-refractivity contribution is 7.09. The van der Waals surface area contributed by atoms with Gasteiger partial charge in [-0.3, -0.25) is 9.88 Å². The molecule has 0 bridgehead atoms. The van der Waals surface area contributed by atoms with Crippen LogP contribution in [0.1, 0.15) is 42.3 Å². The van der Waals surface area contributed by atoms with Crippen LogP contribution >= 0.6 is 11.3 Å². The Morgan fingerprint density at radius 3 is 2.67 bits per heavy atom. The Kier molecular flexibility index (Phi) is 5.01. The number of rotatable bonds is 6. The van der Waals surface area contributed by atoms with Crippen molar-refractivity contribution in [2.24, 2.45) is 0 Å². The summed E-state index contributed by atoms with van der Waals surface area (Å²) in [5.41, 5.74) is 3.33.